The van der Waals surface area contributed by atoms with Crippen molar-refractivity contribution in [3.8, 4) is 11.5 Å². The number of ether oxygens (including phenoxy) is 3. The Morgan fingerprint density at radius 2 is 1.89 bits per heavy atom. The van der Waals surface area contributed by atoms with Gasteiger partial charge in [0.15, 0.2) is 0 Å². The third-order valence-corrected chi connectivity index (χ3v) is 4.87. The van der Waals surface area contributed by atoms with E-state index in [1.54, 1.807) is 24.3 Å². The van der Waals surface area contributed by atoms with Gasteiger partial charge in [-0.3, -0.25) is 14.5 Å². The van der Waals surface area contributed by atoms with E-state index in [2.05, 4.69) is 0 Å². The molecule has 2 aromatic carbocycles. The van der Waals surface area contributed by atoms with E-state index in [1.165, 1.54) is 30.2 Å². The van der Waals surface area contributed by atoms with Gasteiger partial charge in [0.05, 0.1) is 36.4 Å². The summed E-state index contributed by atoms with van der Waals surface area (Å²) in [6.07, 6.45) is 1.62. The monoisotopic (exact) mass is 381 g/mol. The second kappa shape index (κ2) is 7.44. The van der Waals surface area contributed by atoms with E-state index in [0.717, 1.165) is 12.8 Å². The second-order valence-corrected chi connectivity index (χ2v) is 6.68. The maximum atomic E-state index is 12.7. The van der Waals surface area contributed by atoms with Gasteiger partial charge in [0.2, 0.25) is 0 Å². The lowest BCUT2D eigenvalue weighted by Gasteiger charge is -2.17. The van der Waals surface area contributed by atoms with Crippen molar-refractivity contribution in [2.24, 2.45) is 0 Å². The number of carbonyl (C=O) groups is 3. The molecule has 1 fully saturated rings. The van der Waals surface area contributed by atoms with E-state index < -0.39 is 11.9 Å². The van der Waals surface area contributed by atoms with E-state index in [9.17, 15) is 14.4 Å². The van der Waals surface area contributed by atoms with Crippen molar-refractivity contribution < 1.29 is 28.6 Å². The van der Waals surface area contributed by atoms with Crippen LogP contribution in [0.2, 0.25) is 0 Å². The van der Waals surface area contributed by atoms with Crippen molar-refractivity contribution in [3.05, 3.63) is 59.2 Å². The van der Waals surface area contributed by atoms with Crippen molar-refractivity contribution in [3.63, 3.8) is 0 Å². The summed E-state index contributed by atoms with van der Waals surface area (Å²) in [7, 11) is 1.52. The summed E-state index contributed by atoms with van der Waals surface area (Å²) in [5.41, 5.74) is 0.700. The first-order chi connectivity index (χ1) is 13.6. The van der Waals surface area contributed by atoms with Crippen LogP contribution in [-0.2, 0) is 4.74 Å². The molecule has 0 aliphatic carbocycles. The molecule has 1 saturated heterocycles. The van der Waals surface area contributed by atoms with Gasteiger partial charge < -0.3 is 14.2 Å². The predicted molar refractivity (Wildman–Crippen MR) is 98.7 cm³/mol. The normalized spacial score (nSPS) is 18.3. The molecule has 7 heteroatoms. The Labute approximate surface area is 161 Å². The van der Waals surface area contributed by atoms with Crippen molar-refractivity contribution in [2.45, 2.75) is 18.9 Å². The molecular formula is C21H19NO6. The molecule has 2 aliphatic heterocycles. The summed E-state index contributed by atoms with van der Waals surface area (Å²) < 4.78 is 16.0. The molecule has 144 valence electrons. The van der Waals surface area contributed by atoms with Gasteiger partial charge >= 0.3 is 5.97 Å². The molecular weight excluding hydrogens is 362 g/mol. The molecule has 0 saturated carbocycles. The Kier molecular flexibility index (Phi) is 4.83. The number of amides is 2. The zero-order valence-corrected chi connectivity index (χ0v) is 15.3. The van der Waals surface area contributed by atoms with Gasteiger partial charge in [0.25, 0.3) is 11.8 Å². The second-order valence-electron chi connectivity index (χ2n) is 6.68. The molecule has 28 heavy (non-hydrogen) atoms. The van der Waals surface area contributed by atoms with Crippen LogP contribution in [0.5, 0.6) is 11.5 Å². The first-order valence-corrected chi connectivity index (χ1v) is 9.05. The van der Waals surface area contributed by atoms with Crippen LogP contribution < -0.4 is 9.47 Å². The minimum absolute atomic E-state index is 0.125. The average Bonchev–Trinajstić information content (AvgIpc) is 3.31. The smallest absolute Gasteiger partial charge is 0.343 e. The van der Waals surface area contributed by atoms with Crippen LogP contribution in [0.15, 0.2) is 42.5 Å². The van der Waals surface area contributed by atoms with Crippen LogP contribution in [0, 0.1) is 0 Å². The zero-order chi connectivity index (χ0) is 19.7. The van der Waals surface area contributed by atoms with Gasteiger partial charge in [0, 0.05) is 12.7 Å². The standard InChI is InChI=1S/C21H19NO6/c1-26-14-4-2-5-15(11-14)28-21(25)13-7-8-17-18(10-13)20(24)22(19(17)23)12-16-6-3-9-27-16/h2,4-5,7-8,10-11,16H,3,6,9,12H2,1H3/t16-/m0/s1. The molecule has 0 bridgehead atoms. The molecule has 0 N–H and O–H groups in total. The summed E-state index contributed by atoms with van der Waals surface area (Å²) in [6, 6.07) is 11.0. The van der Waals surface area contributed by atoms with Crippen molar-refractivity contribution in [2.75, 3.05) is 20.3 Å². The lowest BCUT2D eigenvalue weighted by Crippen LogP contribution is -2.36. The fourth-order valence-corrected chi connectivity index (χ4v) is 3.41. The van der Waals surface area contributed by atoms with E-state index in [-0.39, 0.29) is 29.7 Å². The van der Waals surface area contributed by atoms with Crippen LogP contribution in [0.4, 0.5) is 0 Å². The Morgan fingerprint density at radius 1 is 1.11 bits per heavy atom. The van der Waals surface area contributed by atoms with Gasteiger partial charge in [-0.05, 0) is 43.2 Å². The zero-order valence-electron chi connectivity index (χ0n) is 15.3. The van der Waals surface area contributed by atoms with E-state index in [0.29, 0.717) is 23.7 Å². The van der Waals surface area contributed by atoms with Crippen LogP contribution in [0.25, 0.3) is 0 Å². The van der Waals surface area contributed by atoms with Crippen molar-refractivity contribution >= 4 is 17.8 Å². The quantitative estimate of drug-likeness (QED) is 0.450. The fourth-order valence-electron chi connectivity index (χ4n) is 3.41. The Balaban J connectivity index is 1.53. The predicted octanol–water partition coefficient (Wildman–Crippen LogP) is 2.69. The molecule has 7 nitrogen and oxygen atoms in total. The Hall–Kier alpha value is -3.19. The van der Waals surface area contributed by atoms with E-state index in [1.807, 2.05) is 0 Å². The number of rotatable bonds is 5. The molecule has 1 atom stereocenters. The first-order valence-electron chi connectivity index (χ1n) is 9.05. The molecule has 0 spiro atoms. The minimum atomic E-state index is -0.617. The summed E-state index contributed by atoms with van der Waals surface area (Å²) in [6.45, 7) is 0.879. The number of carbonyl (C=O) groups excluding carboxylic acids is 3. The molecule has 2 aliphatic rings. The number of hydrogen-bond donors (Lipinski definition) is 0. The Morgan fingerprint density at radius 3 is 2.64 bits per heavy atom. The highest BCUT2D eigenvalue weighted by atomic mass is 16.5. The number of imide groups is 1. The highest BCUT2D eigenvalue weighted by molar-refractivity contribution is 6.22. The highest BCUT2D eigenvalue weighted by Crippen LogP contribution is 2.27. The maximum absolute atomic E-state index is 12.7. The largest absolute Gasteiger partial charge is 0.497 e. The molecule has 2 aromatic rings. The maximum Gasteiger partial charge on any atom is 0.343 e. The van der Waals surface area contributed by atoms with Gasteiger partial charge in [-0.15, -0.1) is 0 Å². The molecule has 0 radical (unpaired) electrons. The van der Waals surface area contributed by atoms with Crippen molar-refractivity contribution in [1.29, 1.82) is 0 Å². The van der Waals surface area contributed by atoms with Crippen LogP contribution in [0.1, 0.15) is 43.9 Å². The topological polar surface area (TPSA) is 82.1 Å². The van der Waals surface area contributed by atoms with E-state index >= 15 is 0 Å². The van der Waals surface area contributed by atoms with Gasteiger partial charge in [-0.25, -0.2) is 4.79 Å². The lowest BCUT2D eigenvalue weighted by atomic mass is 10.1. The van der Waals surface area contributed by atoms with Crippen LogP contribution in [0.3, 0.4) is 0 Å². The van der Waals surface area contributed by atoms with Crippen molar-refractivity contribution in [1.82, 2.24) is 4.90 Å². The van der Waals surface area contributed by atoms with Crippen LogP contribution in [-0.4, -0.2) is 49.0 Å². The summed E-state index contributed by atoms with van der Waals surface area (Å²) >= 11 is 0. The number of hydrogen-bond acceptors (Lipinski definition) is 6. The number of methoxy groups -OCH3 is 1. The summed E-state index contributed by atoms with van der Waals surface area (Å²) in [5, 5.41) is 0. The number of nitrogens with zero attached hydrogens (tertiary/aromatic N) is 1. The first kappa shape index (κ1) is 18.2. The summed E-state index contributed by atoms with van der Waals surface area (Å²) in [4.78, 5) is 38.9. The average molecular weight is 381 g/mol. The van der Waals surface area contributed by atoms with Crippen LogP contribution >= 0.6 is 0 Å². The third kappa shape index (κ3) is 3.36. The third-order valence-electron chi connectivity index (χ3n) is 4.87. The molecule has 4 rings (SSSR count). The minimum Gasteiger partial charge on any atom is -0.497 e. The summed E-state index contributed by atoms with van der Waals surface area (Å²) in [5.74, 6) is -0.499. The fraction of sp³-hybridized carbons (Fsp3) is 0.286. The highest BCUT2D eigenvalue weighted by Gasteiger charge is 2.38. The molecule has 0 aromatic heterocycles. The number of benzene rings is 2. The van der Waals surface area contributed by atoms with Gasteiger partial charge in [0.1, 0.15) is 11.5 Å². The SMILES string of the molecule is COc1cccc(OC(=O)c2ccc3c(c2)C(=O)N(C[C@@H]2CCCO2)C3=O)c1. The number of fused-ring (bicyclic) bond motifs is 1. The molecule has 0 unspecified atom stereocenters. The molecule has 2 amide bonds. The van der Waals surface area contributed by atoms with Gasteiger partial charge in [-0.1, -0.05) is 6.07 Å². The van der Waals surface area contributed by atoms with Gasteiger partial charge in [-0.2, -0.15) is 0 Å². The molecule has 2 heterocycles. The number of esters is 1. The Bertz CT molecular complexity index is 948. The van der Waals surface area contributed by atoms with E-state index in [4.69, 9.17) is 14.2 Å². The lowest BCUT2D eigenvalue weighted by molar-refractivity contribution is 0.0475.